The van der Waals surface area contributed by atoms with Gasteiger partial charge in [-0.15, -0.1) is 0 Å². The predicted molar refractivity (Wildman–Crippen MR) is 145 cm³/mol. The van der Waals surface area contributed by atoms with E-state index < -0.39 is 30.3 Å². The molecule has 1 fully saturated rings. The number of thiocarbonyl (C=S) groups is 1. The quantitative estimate of drug-likeness (QED) is 0.266. The van der Waals surface area contributed by atoms with E-state index in [-0.39, 0.29) is 9.88 Å². The standard InChI is InChI=1S/C27H21N3O5S2/c1-17-7-13-21(14-8-17)28-23(31)16-35-26(34)20-11-9-18(10-12-20)15-22-25(33)30(27(36)37-22)29-24(32)19-5-3-2-4-6-19/h2-15H,16H2,1H3,(H,28,31)(H,29,32)/b22-15-. The number of aryl methyl sites for hydroxylation is 1. The van der Waals surface area contributed by atoms with Gasteiger partial charge in [-0.2, -0.15) is 5.01 Å². The number of hydrogen-bond acceptors (Lipinski definition) is 7. The number of thioether (sulfide) groups is 1. The van der Waals surface area contributed by atoms with Crippen molar-refractivity contribution < 1.29 is 23.9 Å². The molecule has 0 aliphatic carbocycles. The summed E-state index contributed by atoms with van der Waals surface area (Å²) in [5.74, 6) is -2.01. The van der Waals surface area contributed by atoms with Crippen molar-refractivity contribution in [1.82, 2.24) is 10.4 Å². The number of benzene rings is 3. The lowest BCUT2D eigenvalue weighted by Crippen LogP contribution is -2.44. The van der Waals surface area contributed by atoms with Crippen molar-refractivity contribution in [3.8, 4) is 0 Å². The van der Waals surface area contributed by atoms with Crippen LogP contribution in [0, 0.1) is 6.92 Å². The number of carbonyl (C=O) groups is 4. The van der Waals surface area contributed by atoms with Crippen molar-refractivity contribution in [3.05, 3.63) is 106 Å². The highest BCUT2D eigenvalue weighted by molar-refractivity contribution is 8.26. The summed E-state index contributed by atoms with van der Waals surface area (Å²) in [6.07, 6.45) is 1.61. The van der Waals surface area contributed by atoms with Crippen LogP contribution in [0.5, 0.6) is 0 Å². The molecule has 10 heteroatoms. The van der Waals surface area contributed by atoms with Crippen LogP contribution in [0.3, 0.4) is 0 Å². The molecule has 1 heterocycles. The largest absolute Gasteiger partial charge is 0.452 e. The molecule has 0 spiro atoms. The van der Waals surface area contributed by atoms with Gasteiger partial charge >= 0.3 is 5.97 Å². The molecule has 1 saturated heterocycles. The first-order chi connectivity index (χ1) is 17.8. The van der Waals surface area contributed by atoms with Crippen molar-refractivity contribution in [1.29, 1.82) is 0 Å². The van der Waals surface area contributed by atoms with Gasteiger partial charge in [-0.3, -0.25) is 19.8 Å². The van der Waals surface area contributed by atoms with E-state index in [9.17, 15) is 19.2 Å². The zero-order valence-electron chi connectivity index (χ0n) is 19.6. The molecule has 186 valence electrons. The number of nitrogens with zero attached hydrogens (tertiary/aromatic N) is 1. The molecule has 1 aliphatic heterocycles. The second-order valence-electron chi connectivity index (χ2n) is 7.94. The Kier molecular flexibility index (Phi) is 8.11. The van der Waals surface area contributed by atoms with E-state index >= 15 is 0 Å². The summed E-state index contributed by atoms with van der Waals surface area (Å²) in [5.41, 5.74) is 5.49. The Bertz CT molecular complexity index is 1390. The number of carbonyl (C=O) groups excluding carboxylic acids is 4. The van der Waals surface area contributed by atoms with E-state index in [4.69, 9.17) is 17.0 Å². The van der Waals surface area contributed by atoms with Crippen LogP contribution in [0.15, 0.2) is 83.8 Å². The van der Waals surface area contributed by atoms with Crippen molar-refractivity contribution in [2.75, 3.05) is 11.9 Å². The minimum Gasteiger partial charge on any atom is -0.452 e. The van der Waals surface area contributed by atoms with Gasteiger partial charge in [0, 0.05) is 11.3 Å². The average molecular weight is 532 g/mol. The van der Waals surface area contributed by atoms with Gasteiger partial charge in [0.25, 0.3) is 17.7 Å². The fourth-order valence-electron chi connectivity index (χ4n) is 3.23. The Labute approximate surface area is 222 Å². The van der Waals surface area contributed by atoms with Crippen LogP contribution in [0.1, 0.15) is 31.8 Å². The molecule has 0 atom stereocenters. The highest BCUT2D eigenvalue weighted by Crippen LogP contribution is 2.31. The van der Waals surface area contributed by atoms with E-state index in [2.05, 4.69) is 10.7 Å². The average Bonchev–Trinajstić information content (AvgIpc) is 3.16. The first kappa shape index (κ1) is 25.8. The third-order valence-electron chi connectivity index (χ3n) is 5.16. The third kappa shape index (κ3) is 6.69. The Morgan fingerprint density at radius 3 is 2.30 bits per heavy atom. The van der Waals surface area contributed by atoms with Crippen LogP contribution in [-0.2, 0) is 14.3 Å². The number of esters is 1. The number of amides is 3. The summed E-state index contributed by atoms with van der Waals surface area (Å²) in [4.78, 5) is 49.9. The number of nitrogens with one attached hydrogen (secondary N) is 2. The van der Waals surface area contributed by atoms with Gasteiger partial charge in [-0.05, 0) is 67.2 Å². The van der Waals surface area contributed by atoms with Gasteiger partial charge in [0.15, 0.2) is 10.9 Å². The molecular weight excluding hydrogens is 510 g/mol. The van der Waals surface area contributed by atoms with Crippen molar-refractivity contribution in [2.45, 2.75) is 6.92 Å². The SMILES string of the molecule is Cc1ccc(NC(=O)COC(=O)c2ccc(/C=C3\SC(=S)N(NC(=O)c4ccccc4)C3=O)cc2)cc1. The summed E-state index contributed by atoms with van der Waals surface area (Å²) in [6.45, 7) is 1.52. The lowest BCUT2D eigenvalue weighted by molar-refractivity contribution is -0.123. The van der Waals surface area contributed by atoms with Crippen molar-refractivity contribution >= 4 is 63.8 Å². The first-order valence-electron chi connectivity index (χ1n) is 11.1. The molecule has 37 heavy (non-hydrogen) atoms. The molecule has 0 bridgehead atoms. The van der Waals surface area contributed by atoms with E-state index in [0.717, 1.165) is 22.3 Å². The van der Waals surface area contributed by atoms with Gasteiger partial charge < -0.3 is 10.1 Å². The fourth-order valence-corrected chi connectivity index (χ4v) is 4.41. The number of hydrazine groups is 1. The minimum absolute atomic E-state index is 0.199. The van der Waals surface area contributed by atoms with Crippen LogP contribution < -0.4 is 10.7 Å². The topological polar surface area (TPSA) is 105 Å². The lowest BCUT2D eigenvalue weighted by atomic mass is 10.1. The summed E-state index contributed by atoms with van der Waals surface area (Å²) in [6, 6.07) is 22.1. The number of rotatable bonds is 7. The summed E-state index contributed by atoms with van der Waals surface area (Å²) in [7, 11) is 0. The Morgan fingerprint density at radius 2 is 1.62 bits per heavy atom. The molecule has 4 rings (SSSR count). The maximum Gasteiger partial charge on any atom is 0.338 e. The van der Waals surface area contributed by atoms with E-state index in [1.54, 1.807) is 60.7 Å². The van der Waals surface area contributed by atoms with E-state index in [1.165, 1.54) is 12.1 Å². The predicted octanol–water partition coefficient (Wildman–Crippen LogP) is 4.34. The van der Waals surface area contributed by atoms with Gasteiger partial charge in [-0.25, -0.2) is 4.79 Å². The fraction of sp³-hybridized carbons (Fsp3) is 0.0741. The van der Waals surface area contributed by atoms with E-state index in [0.29, 0.717) is 21.7 Å². The third-order valence-corrected chi connectivity index (χ3v) is 6.46. The highest BCUT2D eigenvalue weighted by Gasteiger charge is 2.33. The molecule has 8 nitrogen and oxygen atoms in total. The van der Waals surface area contributed by atoms with Gasteiger partial charge in [0.05, 0.1) is 10.5 Å². The smallest absolute Gasteiger partial charge is 0.338 e. The molecule has 3 aromatic carbocycles. The Hall–Kier alpha value is -4.28. The molecule has 1 aliphatic rings. The second kappa shape index (κ2) is 11.6. The van der Waals surface area contributed by atoms with Crippen molar-refractivity contribution in [3.63, 3.8) is 0 Å². The van der Waals surface area contributed by atoms with Crippen LogP contribution in [0.25, 0.3) is 6.08 Å². The maximum atomic E-state index is 12.8. The number of anilines is 1. The van der Waals surface area contributed by atoms with Gasteiger partial charge in [0.1, 0.15) is 0 Å². The van der Waals surface area contributed by atoms with Crippen LogP contribution >= 0.6 is 24.0 Å². The molecular formula is C27H21N3O5S2. The molecule has 0 aromatic heterocycles. The number of hydrogen-bond donors (Lipinski definition) is 2. The highest BCUT2D eigenvalue weighted by atomic mass is 32.2. The van der Waals surface area contributed by atoms with Gasteiger partial charge in [0.2, 0.25) is 0 Å². The maximum absolute atomic E-state index is 12.8. The van der Waals surface area contributed by atoms with E-state index in [1.807, 2.05) is 19.1 Å². The Morgan fingerprint density at radius 1 is 0.946 bits per heavy atom. The van der Waals surface area contributed by atoms with Crippen molar-refractivity contribution in [2.24, 2.45) is 0 Å². The zero-order valence-corrected chi connectivity index (χ0v) is 21.2. The Balaban J connectivity index is 1.32. The van der Waals surface area contributed by atoms with Crippen LogP contribution in [0.4, 0.5) is 5.69 Å². The summed E-state index contributed by atoms with van der Waals surface area (Å²) >= 11 is 6.30. The summed E-state index contributed by atoms with van der Waals surface area (Å²) < 4.78 is 5.29. The molecule has 3 amide bonds. The molecule has 0 unspecified atom stereocenters. The zero-order chi connectivity index (χ0) is 26.4. The molecule has 0 saturated carbocycles. The lowest BCUT2D eigenvalue weighted by Gasteiger charge is -2.15. The van der Waals surface area contributed by atoms with Gasteiger partial charge in [-0.1, -0.05) is 59.8 Å². The normalized spacial score (nSPS) is 14.0. The second-order valence-corrected chi connectivity index (χ2v) is 9.61. The minimum atomic E-state index is -0.652. The molecule has 0 radical (unpaired) electrons. The number of ether oxygens (including phenoxy) is 1. The molecule has 3 aromatic rings. The molecule has 2 N–H and O–H groups in total. The monoisotopic (exact) mass is 531 g/mol. The van der Waals surface area contributed by atoms with Crippen LogP contribution in [-0.4, -0.2) is 39.6 Å². The first-order valence-corrected chi connectivity index (χ1v) is 12.3. The summed E-state index contributed by atoms with van der Waals surface area (Å²) in [5, 5.41) is 3.70. The van der Waals surface area contributed by atoms with Crippen LogP contribution in [0.2, 0.25) is 0 Å².